The number of azide groups is 2. The molecule has 0 atom stereocenters. The molecule has 0 aliphatic carbocycles. The minimum atomic E-state index is 0.223. The van der Waals surface area contributed by atoms with Crippen LogP contribution in [0.1, 0.15) is 5.56 Å². The second kappa shape index (κ2) is 8.26. The molecule has 0 unspecified atom stereocenters. The van der Waals surface area contributed by atoms with Gasteiger partial charge < -0.3 is 10.1 Å². The lowest BCUT2D eigenvalue weighted by Crippen LogP contribution is -2.12. The highest BCUT2D eigenvalue weighted by molar-refractivity contribution is 7.80. The maximum absolute atomic E-state index is 8.34. The first-order valence-electron chi connectivity index (χ1n) is 6.44. The van der Waals surface area contributed by atoms with Gasteiger partial charge in [-0.3, -0.25) is 0 Å². The molecule has 0 amide bonds. The van der Waals surface area contributed by atoms with Crippen LogP contribution >= 0.6 is 12.2 Å². The van der Waals surface area contributed by atoms with Crippen molar-refractivity contribution in [2.24, 2.45) is 10.2 Å². The van der Waals surface area contributed by atoms with Crippen molar-refractivity contribution in [3.05, 3.63) is 75.0 Å². The normalized spacial score (nSPS) is 9.22. The molecule has 0 fully saturated rings. The summed E-state index contributed by atoms with van der Waals surface area (Å²) < 4.78 is 5.44. The molecule has 114 valence electrons. The van der Waals surface area contributed by atoms with Crippen molar-refractivity contribution in [1.29, 1.82) is 0 Å². The molecule has 0 bridgehead atoms. The molecule has 0 aliphatic rings. The second-order valence-electron chi connectivity index (χ2n) is 4.29. The van der Waals surface area contributed by atoms with Gasteiger partial charge in [0.1, 0.15) is 6.61 Å². The summed E-state index contributed by atoms with van der Waals surface area (Å²) in [7, 11) is 0. The summed E-state index contributed by atoms with van der Waals surface area (Å²) in [6.07, 6.45) is 0. The summed E-state index contributed by atoms with van der Waals surface area (Å²) in [6, 6.07) is 13.8. The number of thiocarbonyl (C=S) groups is 1. The highest BCUT2D eigenvalue weighted by atomic mass is 32.1. The quantitative estimate of drug-likeness (QED) is 0.339. The zero-order chi connectivity index (χ0) is 16.5. The molecule has 0 spiro atoms. The van der Waals surface area contributed by atoms with E-state index >= 15 is 0 Å². The molecule has 2 aromatic carbocycles. The van der Waals surface area contributed by atoms with Crippen LogP contribution in [0.3, 0.4) is 0 Å². The number of ether oxygens (including phenoxy) is 1. The van der Waals surface area contributed by atoms with Crippen molar-refractivity contribution in [3.8, 4) is 0 Å². The average molecular weight is 325 g/mol. The lowest BCUT2D eigenvalue weighted by Gasteiger charge is -2.10. The second-order valence-corrected chi connectivity index (χ2v) is 4.66. The monoisotopic (exact) mass is 325 g/mol. The van der Waals surface area contributed by atoms with Crippen LogP contribution in [0.25, 0.3) is 20.9 Å². The minimum absolute atomic E-state index is 0.223. The Morgan fingerprint density at radius 3 is 2.00 bits per heavy atom. The van der Waals surface area contributed by atoms with E-state index in [0.717, 1.165) is 11.3 Å². The van der Waals surface area contributed by atoms with Gasteiger partial charge in [-0.05, 0) is 41.0 Å². The molecular formula is C14H11N7OS. The average Bonchev–Trinajstić information content (AvgIpc) is 2.57. The summed E-state index contributed by atoms with van der Waals surface area (Å²) in [5.74, 6) is 0. The molecule has 2 rings (SSSR count). The van der Waals surface area contributed by atoms with Crippen LogP contribution < -0.4 is 5.32 Å². The van der Waals surface area contributed by atoms with E-state index in [0.29, 0.717) is 18.0 Å². The Morgan fingerprint density at radius 2 is 1.48 bits per heavy atom. The molecule has 23 heavy (non-hydrogen) atoms. The van der Waals surface area contributed by atoms with Crippen LogP contribution in [0.2, 0.25) is 0 Å². The van der Waals surface area contributed by atoms with Crippen molar-refractivity contribution < 1.29 is 4.74 Å². The maximum Gasteiger partial charge on any atom is 0.261 e. The first-order valence-corrected chi connectivity index (χ1v) is 6.85. The third-order valence-corrected chi connectivity index (χ3v) is 2.96. The van der Waals surface area contributed by atoms with Gasteiger partial charge in [0.15, 0.2) is 0 Å². The fourth-order valence-corrected chi connectivity index (χ4v) is 1.85. The molecule has 2 aromatic rings. The topological polar surface area (TPSA) is 119 Å². The summed E-state index contributed by atoms with van der Waals surface area (Å²) in [4.78, 5) is 5.42. The summed E-state index contributed by atoms with van der Waals surface area (Å²) >= 11 is 5.10. The molecular weight excluding hydrogens is 314 g/mol. The fraction of sp³-hybridized carbons (Fsp3) is 0.0714. The Balaban J connectivity index is 1.86. The van der Waals surface area contributed by atoms with Crippen LogP contribution in [-0.2, 0) is 11.3 Å². The van der Waals surface area contributed by atoms with Gasteiger partial charge in [-0.2, -0.15) is 0 Å². The molecule has 1 N–H and O–H groups in total. The molecule has 9 heteroatoms. The van der Waals surface area contributed by atoms with Gasteiger partial charge >= 0.3 is 0 Å². The van der Waals surface area contributed by atoms with Crippen molar-refractivity contribution >= 4 is 34.5 Å². The van der Waals surface area contributed by atoms with E-state index in [2.05, 4.69) is 25.4 Å². The number of hydrogen-bond acceptors (Lipinski definition) is 4. The van der Waals surface area contributed by atoms with Gasteiger partial charge in [-0.25, -0.2) is 0 Å². The van der Waals surface area contributed by atoms with E-state index in [4.69, 9.17) is 28.0 Å². The van der Waals surface area contributed by atoms with Gasteiger partial charge in [-0.1, -0.05) is 46.6 Å². The van der Waals surface area contributed by atoms with E-state index < -0.39 is 0 Å². The lowest BCUT2D eigenvalue weighted by atomic mass is 10.2. The fourth-order valence-electron chi connectivity index (χ4n) is 1.68. The SMILES string of the molecule is [N-]=[N+]=Nc1ccc(COC(=S)Nc2ccc(N=[N+]=[N-])cc2)cc1. The van der Waals surface area contributed by atoms with E-state index in [1.165, 1.54) is 0 Å². The minimum Gasteiger partial charge on any atom is -0.466 e. The van der Waals surface area contributed by atoms with E-state index in [1.807, 2.05) is 0 Å². The Labute approximate surface area is 137 Å². The van der Waals surface area contributed by atoms with Crippen molar-refractivity contribution in [3.63, 3.8) is 0 Å². The van der Waals surface area contributed by atoms with Gasteiger partial charge in [0, 0.05) is 26.9 Å². The standard InChI is InChI=1S/C14H11N7OS/c15-20-18-12-3-1-10(2-4-12)9-22-14(23)17-11-5-7-13(8-6-11)19-21-16/h1-8H,9H2,(H,17,23). The molecule has 0 aliphatic heterocycles. The Kier molecular flexibility index (Phi) is 5.79. The van der Waals surface area contributed by atoms with Gasteiger partial charge in [0.25, 0.3) is 5.17 Å². The Bertz CT molecular complexity index is 776. The van der Waals surface area contributed by atoms with Crippen molar-refractivity contribution in [1.82, 2.24) is 0 Å². The predicted molar refractivity (Wildman–Crippen MR) is 91.5 cm³/mol. The van der Waals surface area contributed by atoms with Crippen LogP contribution in [0.15, 0.2) is 58.8 Å². The number of rotatable bonds is 5. The number of nitrogens with one attached hydrogen (secondary N) is 1. The number of hydrogen-bond donors (Lipinski definition) is 1. The van der Waals surface area contributed by atoms with Crippen LogP contribution in [0.4, 0.5) is 17.1 Å². The van der Waals surface area contributed by atoms with Crippen molar-refractivity contribution in [2.75, 3.05) is 5.32 Å². The highest BCUT2D eigenvalue weighted by Crippen LogP contribution is 2.17. The molecule has 0 radical (unpaired) electrons. The molecule has 0 saturated heterocycles. The molecule has 0 saturated carbocycles. The van der Waals surface area contributed by atoms with Gasteiger partial charge in [0.05, 0.1) is 0 Å². The Morgan fingerprint density at radius 1 is 0.957 bits per heavy atom. The Hall–Kier alpha value is -3.25. The molecule has 8 nitrogen and oxygen atoms in total. The van der Waals surface area contributed by atoms with Crippen LogP contribution in [-0.4, -0.2) is 5.17 Å². The van der Waals surface area contributed by atoms with Crippen molar-refractivity contribution in [2.45, 2.75) is 6.61 Å². The van der Waals surface area contributed by atoms with Gasteiger partial charge in [0.2, 0.25) is 0 Å². The van der Waals surface area contributed by atoms with Crippen LogP contribution in [0, 0.1) is 0 Å². The zero-order valence-corrected chi connectivity index (χ0v) is 12.6. The largest absolute Gasteiger partial charge is 0.466 e. The number of benzene rings is 2. The van der Waals surface area contributed by atoms with E-state index in [9.17, 15) is 0 Å². The van der Waals surface area contributed by atoms with Crippen LogP contribution in [0.5, 0.6) is 0 Å². The summed E-state index contributed by atoms with van der Waals surface area (Å²) in [5.41, 5.74) is 19.4. The smallest absolute Gasteiger partial charge is 0.261 e. The first-order chi connectivity index (χ1) is 11.2. The third-order valence-electron chi connectivity index (χ3n) is 2.74. The summed E-state index contributed by atoms with van der Waals surface area (Å²) in [6.45, 7) is 0.291. The third kappa shape index (κ3) is 5.22. The summed E-state index contributed by atoms with van der Waals surface area (Å²) in [5, 5.41) is 10.1. The predicted octanol–water partition coefficient (Wildman–Crippen LogP) is 5.48. The number of anilines is 1. The zero-order valence-electron chi connectivity index (χ0n) is 11.8. The molecule has 0 heterocycles. The first kappa shape index (κ1) is 16.1. The number of nitrogens with zero attached hydrogens (tertiary/aromatic N) is 6. The highest BCUT2D eigenvalue weighted by Gasteiger charge is 2.00. The molecule has 0 aromatic heterocycles. The van der Waals surface area contributed by atoms with Gasteiger partial charge in [-0.15, -0.1) is 0 Å². The van der Waals surface area contributed by atoms with E-state index in [1.54, 1.807) is 48.5 Å². The maximum atomic E-state index is 8.34. The van der Waals surface area contributed by atoms with E-state index in [-0.39, 0.29) is 5.17 Å². The lowest BCUT2D eigenvalue weighted by molar-refractivity contribution is 0.300.